The molecule has 2 aliphatic rings. The topological polar surface area (TPSA) is 6.48 Å². The Bertz CT molecular complexity index is 308. The first-order valence-electron chi connectivity index (χ1n) is 9.80. The van der Waals surface area contributed by atoms with Crippen molar-refractivity contribution in [3.63, 3.8) is 0 Å². The molecule has 22 heavy (non-hydrogen) atoms. The fourth-order valence-corrected chi connectivity index (χ4v) is 4.55. The van der Waals surface area contributed by atoms with Crippen LogP contribution in [0.4, 0.5) is 0 Å². The van der Waals surface area contributed by atoms with Gasteiger partial charge in [-0.05, 0) is 57.9 Å². The highest BCUT2D eigenvalue weighted by Crippen LogP contribution is 2.36. The highest BCUT2D eigenvalue weighted by Gasteiger charge is 2.30. The number of nitrogens with zero attached hydrogens (tertiary/aromatic N) is 2. The van der Waals surface area contributed by atoms with Crippen LogP contribution in [-0.2, 0) is 0 Å². The molecule has 2 heteroatoms. The van der Waals surface area contributed by atoms with Crippen LogP contribution in [0.3, 0.4) is 0 Å². The molecule has 0 atom stereocenters. The van der Waals surface area contributed by atoms with E-state index in [0.717, 1.165) is 17.8 Å². The Morgan fingerprint density at radius 1 is 0.909 bits per heavy atom. The van der Waals surface area contributed by atoms with Gasteiger partial charge >= 0.3 is 0 Å². The van der Waals surface area contributed by atoms with Gasteiger partial charge in [0, 0.05) is 31.7 Å². The van der Waals surface area contributed by atoms with Crippen molar-refractivity contribution in [1.29, 1.82) is 0 Å². The average molecular weight is 309 g/mol. The highest BCUT2D eigenvalue weighted by atomic mass is 15.3. The van der Waals surface area contributed by atoms with Gasteiger partial charge < -0.3 is 4.90 Å². The summed E-state index contributed by atoms with van der Waals surface area (Å²) in [6.45, 7) is 14.7. The van der Waals surface area contributed by atoms with Crippen molar-refractivity contribution in [3.05, 3.63) is 0 Å². The van der Waals surface area contributed by atoms with Crippen LogP contribution in [-0.4, -0.2) is 48.6 Å². The molecule has 0 N–H and O–H groups in total. The van der Waals surface area contributed by atoms with Crippen molar-refractivity contribution in [2.24, 2.45) is 17.8 Å². The fourth-order valence-electron chi connectivity index (χ4n) is 4.55. The number of hydrogen-bond acceptors (Lipinski definition) is 2. The van der Waals surface area contributed by atoms with E-state index in [4.69, 9.17) is 0 Å². The van der Waals surface area contributed by atoms with E-state index in [0.29, 0.717) is 5.54 Å². The zero-order chi connectivity index (χ0) is 16.2. The van der Waals surface area contributed by atoms with Crippen LogP contribution in [0.5, 0.6) is 0 Å². The lowest BCUT2D eigenvalue weighted by molar-refractivity contribution is 0.0503. The number of rotatable bonds is 6. The van der Waals surface area contributed by atoms with E-state index in [9.17, 15) is 0 Å². The lowest BCUT2D eigenvalue weighted by Gasteiger charge is -2.44. The van der Waals surface area contributed by atoms with Gasteiger partial charge in [0.05, 0.1) is 0 Å². The van der Waals surface area contributed by atoms with Gasteiger partial charge in [0.15, 0.2) is 0 Å². The molecule has 0 aromatic carbocycles. The molecule has 1 aliphatic heterocycles. The molecule has 0 aromatic rings. The maximum absolute atomic E-state index is 2.73. The first-order valence-corrected chi connectivity index (χ1v) is 9.80. The molecular formula is C20H40N2. The Morgan fingerprint density at radius 2 is 1.45 bits per heavy atom. The Morgan fingerprint density at radius 3 is 2.00 bits per heavy atom. The minimum Gasteiger partial charge on any atom is -0.304 e. The lowest BCUT2D eigenvalue weighted by Crippen LogP contribution is -2.53. The minimum atomic E-state index is 0.399. The van der Waals surface area contributed by atoms with E-state index in [1.165, 1.54) is 71.1 Å². The first-order chi connectivity index (χ1) is 10.4. The van der Waals surface area contributed by atoms with Crippen LogP contribution in [0.1, 0.15) is 72.6 Å². The maximum Gasteiger partial charge on any atom is 0.0154 e. The van der Waals surface area contributed by atoms with E-state index in [2.05, 4.69) is 44.5 Å². The van der Waals surface area contributed by atoms with Gasteiger partial charge in [0.2, 0.25) is 0 Å². The normalized spacial score (nSPS) is 29.2. The summed E-state index contributed by atoms with van der Waals surface area (Å²) >= 11 is 0. The van der Waals surface area contributed by atoms with Crippen molar-refractivity contribution in [2.45, 2.75) is 78.2 Å². The second-order valence-electron chi connectivity index (χ2n) is 9.16. The third kappa shape index (κ3) is 5.53. The van der Waals surface area contributed by atoms with Gasteiger partial charge in [-0.2, -0.15) is 0 Å². The smallest absolute Gasteiger partial charge is 0.0154 e. The average Bonchev–Trinajstić information content (AvgIpc) is 2.46. The zero-order valence-electron chi connectivity index (χ0n) is 15.9. The quantitative estimate of drug-likeness (QED) is 0.705. The predicted molar refractivity (Wildman–Crippen MR) is 97.3 cm³/mol. The van der Waals surface area contributed by atoms with Crippen LogP contribution < -0.4 is 0 Å². The Kier molecular flexibility index (Phi) is 6.76. The largest absolute Gasteiger partial charge is 0.304 e. The highest BCUT2D eigenvalue weighted by molar-refractivity contribution is 4.86. The van der Waals surface area contributed by atoms with Crippen LogP contribution in [0.25, 0.3) is 0 Å². The summed E-state index contributed by atoms with van der Waals surface area (Å²) in [6.07, 6.45) is 10.3. The molecule has 1 saturated heterocycles. The molecule has 0 bridgehead atoms. The number of hydrogen-bond donors (Lipinski definition) is 0. The first kappa shape index (κ1) is 18.3. The third-order valence-electron chi connectivity index (χ3n) is 6.29. The standard InChI is InChI=1S/C20H40N2/c1-17(2)16-19-8-6-18(7-9-19)10-11-20(3,4)22-14-12-21(5)13-15-22/h17-19H,6-16H2,1-5H3. The molecule has 130 valence electrons. The summed E-state index contributed by atoms with van der Waals surface area (Å²) in [5, 5.41) is 0. The monoisotopic (exact) mass is 308 g/mol. The fraction of sp³-hybridized carbons (Fsp3) is 1.00. The lowest BCUT2D eigenvalue weighted by atomic mass is 9.76. The molecule has 2 rings (SSSR count). The molecule has 2 fully saturated rings. The Labute approximate surface area is 139 Å². The van der Waals surface area contributed by atoms with Gasteiger partial charge in [0.25, 0.3) is 0 Å². The van der Waals surface area contributed by atoms with E-state index in [1.54, 1.807) is 0 Å². The molecule has 1 heterocycles. The summed E-state index contributed by atoms with van der Waals surface area (Å²) < 4.78 is 0. The zero-order valence-corrected chi connectivity index (χ0v) is 15.9. The summed E-state index contributed by atoms with van der Waals surface area (Å²) in [4.78, 5) is 5.19. The summed E-state index contributed by atoms with van der Waals surface area (Å²) in [5.41, 5.74) is 0.399. The van der Waals surface area contributed by atoms with Crippen molar-refractivity contribution >= 4 is 0 Å². The number of likely N-dealkylation sites (N-methyl/N-ethyl adjacent to an activating group) is 1. The third-order valence-corrected chi connectivity index (χ3v) is 6.29. The van der Waals surface area contributed by atoms with Crippen molar-refractivity contribution in [2.75, 3.05) is 33.2 Å². The molecule has 0 amide bonds. The summed E-state index contributed by atoms with van der Waals surface area (Å²) in [6, 6.07) is 0. The molecule has 0 spiro atoms. The maximum atomic E-state index is 2.73. The van der Waals surface area contributed by atoms with Gasteiger partial charge in [0.1, 0.15) is 0 Å². The van der Waals surface area contributed by atoms with Crippen molar-refractivity contribution in [3.8, 4) is 0 Å². The second kappa shape index (κ2) is 8.15. The molecule has 0 unspecified atom stereocenters. The molecular weight excluding hydrogens is 268 g/mol. The van der Waals surface area contributed by atoms with Crippen LogP contribution in [0, 0.1) is 17.8 Å². The van der Waals surface area contributed by atoms with E-state index >= 15 is 0 Å². The van der Waals surface area contributed by atoms with Gasteiger partial charge in [-0.3, -0.25) is 4.90 Å². The molecule has 1 aliphatic carbocycles. The van der Waals surface area contributed by atoms with Crippen molar-refractivity contribution < 1.29 is 0 Å². The van der Waals surface area contributed by atoms with E-state index in [-0.39, 0.29) is 0 Å². The molecule has 0 radical (unpaired) electrons. The Hall–Kier alpha value is -0.0800. The van der Waals surface area contributed by atoms with Gasteiger partial charge in [-0.25, -0.2) is 0 Å². The van der Waals surface area contributed by atoms with E-state index in [1.807, 2.05) is 0 Å². The van der Waals surface area contributed by atoms with E-state index < -0.39 is 0 Å². The van der Waals surface area contributed by atoms with Crippen LogP contribution in [0.2, 0.25) is 0 Å². The predicted octanol–water partition coefficient (Wildman–Crippen LogP) is 4.65. The van der Waals surface area contributed by atoms with Crippen LogP contribution >= 0.6 is 0 Å². The summed E-state index contributed by atoms with van der Waals surface area (Å²) in [7, 11) is 2.25. The molecule has 0 aromatic heterocycles. The van der Waals surface area contributed by atoms with Crippen molar-refractivity contribution in [1.82, 2.24) is 9.80 Å². The number of piperazine rings is 1. The second-order valence-corrected chi connectivity index (χ2v) is 9.16. The SMILES string of the molecule is CC(C)CC1CCC(CCC(C)(C)N2CCN(C)CC2)CC1. The molecule has 1 saturated carbocycles. The van der Waals surface area contributed by atoms with Gasteiger partial charge in [-0.1, -0.05) is 39.5 Å². The minimum absolute atomic E-state index is 0.399. The Balaban J connectivity index is 1.69. The van der Waals surface area contributed by atoms with Gasteiger partial charge in [-0.15, -0.1) is 0 Å². The van der Waals surface area contributed by atoms with Crippen LogP contribution in [0.15, 0.2) is 0 Å². The molecule has 2 nitrogen and oxygen atoms in total. The summed E-state index contributed by atoms with van der Waals surface area (Å²) in [5.74, 6) is 2.93.